The summed E-state index contributed by atoms with van der Waals surface area (Å²) in [4.78, 5) is 12.3. The molecule has 1 amide bonds. The number of rotatable bonds is 6. The predicted octanol–water partition coefficient (Wildman–Crippen LogP) is 4.53. The van der Waals surface area contributed by atoms with E-state index >= 15 is 0 Å². The Morgan fingerprint density at radius 3 is 2.29 bits per heavy atom. The molecule has 0 aromatic heterocycles. The molecule has 3 N–H and O–H groups in total. The van der Waals surface area contributed by atoms with Gasteiger partial charge in [0.15, 0.2) is 0 Å². The predicted molar refractivity (Wildman–Crippen MR) is 99.6 cm³/mol. The molecule has 0 fully saturated rings. The van der Waals surface area contributed by atoms with Crippen LogP contribution in [0.5, 0.6) is 5.75 Å². The van der Waals surface area contributed by atoms with Crippen molar-refractivity contribution in [2.45, 2.75) is 39.0 Å². The van der Waals surface area contributed by atoms with Crippen molar-refractivity contribution in [3.63, 3.8) is 0 Å². The number of amides is 1. The summed E-state index contributed by atoms with van der Waals surface area (Å²) in [5, 5.41) is 2.87. The minimum atomic E-state index is -0.0598. The van der Waals surface area contributed by atoms with Crippen LogP contribution >= 0.6 is 0 Å². The van der Waals surface area contributed by atoms with Gasteiger partial charge in [-0.05, 0) is 35.1 Å². The minimum absolute atomic E-state index is 0.0598. The quantitative estimate of drug-likeness (QED) is 0.766. The number of benzene rings is 2. The van der Waals surface area contributed by atoms with Crippen molar-refractivity contribution < 1.29 is 9.53 Å². The Labute approximate surface area is 144 Å². The van der Waals surface area contributed by atoms with E-state index in [2.05, 4.69) is 50.4 Å². The van der Waals surface area contributed by atoms with E-state index in [1.54, 1.807) is 25.3 Å². The SMILES string of the molecule is COc1ccc(N)c(NC(=O)CC(C)c2ccc(C(C)C)cc2)c1. The summed E-state index contributed by atoms with van der Waals surface area (Å²) >= 11 is 0. The normalized spacial score (nSPS) is 12.0. The molecule has 0 spiro atoms. The zero-order chi connectivity index (χ0) is 17.7. The van der Waals surface area contributed by atoms with E-state index in [4.69, 9.17) is 10.5 Å². The van der Waals surface area contributed by atoms with E-state index in [1.807, 2.05) is 0 Å². The molecule has 0 aliphatic carbocycles. The molecule has 4 nitrogen and oxygen atoms in total. The molecular weight excluding hydrogens is 300 g/mol. The summed E-state index contributed by atoms with van der Waals surface area (Å²) in [6.07, 6.45) is 0.400. The first-order valence-corrected chi connectivity index (χ1v) is 8.24. The van der Waals surface area contributed by atoms with Crippen LogP contribution in [0.15, 0.2) is 42.5 Å². The molecule has 1 atom stereocenters. The average molecular weight is 326 g/mol. The van der Waals surface area contributed by atoms with Gasteiger partial charge in [-0.3, -0.25) is 4.79 Å². The van der Waals surface area contributed by atoms with Gasteiger partial charge >= 0.3 is 0 Å². The largest absolute Gasteiger partial charge is 0.497 e. The molecule has 24 heavy (non-hydrogen) atoms. The summed E-state index contributed by atoms with van der Waals surface area (Å²) in [6, 6.07) is 13.7. The number of anilines is 2. The smallest absolute Gasteiger partial charge is 0.225 e. The molecule has 0 aliphatic heterocycles. The molecule has 0 saturated carbocycles. The van der Waals surface area contributed by atoms with Crippen LogP contribution in [-0.4, -0.2) is 13.0 Å². The summed E-state index contributed by atoms with van der Waals surface area (Å²) in [5.41, 5.74) is 9.49. The third-order valence-electron chi connectivity index (χ3n) is 4.20. The summed E-state index contributed by atoms with van der Waals surface area (Å²) in [7, 11) is 1.58. The van der Waals surface area contributed by atoms with Crippen LogP contribution in [0.4, 0.5) is 11.4 Å². The maximum absolute atomic E-state index is 12.3. The lowest BCUT2D eigenvalue weighted by Crippen LogP contribution is -2.15. The molecule has 1 unspecified atom stereocenters. The van der Waals surface area contributed by atoms with Gasteiger partial charge in [0.1, 0.15) is 5.75 Å². The summed E-state index contributed by atoms with van der Waals surface area (Å²) in [6.45, 7) is 6.40. The van der Waals surface area contributed by atoms with E-state index in [9.17, 15) is 4.79 Å². The van der Waals surface area contributed by atoms with Crippen molar-refractivity contribution in [2.75, 3.05) is 18.2 Å². The Balaban J connectivity index is 2.01. The standard InChI is InChI=1S/C20H26N2O2/c1-13(2)15-5-7-16(8-6-15)14(3)11-20(23)22-19-12-17(24-4)9-10-18(19)21/h5-10,12-14H,11,21H2,1-4H3,(H,22,23). The Hall–Kier alpha value is -2.49. The van der Waals surface area contributed by atoms with Gasteiger partial charge < -0.3 is 15.8 Å². The third kappa shape index (κ3) is 4.51. The molecule has 0 heterocycles. The Morgan fingerprint density at radius 1 is 1.08 bits per heavy atom. The van der Waals surface area contributed by atoms with Gasteiger partial charge in [-0.15, -0.1) is 0 Å². The van der Waals surface area contributed by atoms with Gasteiger partial charge in [0.25, 0.3) is 0 Å². The van der Waals surface area contributed by atoms with Crippen LogP contribution in [0.25, 0.3) is 0 Å². The van der Waals surface area contributed by atoms with Crippen molar-refractivity contribution in [1.82, 2.24) is 0 Å². The zero-order valence-corrected chi connectivity index (χ0v) is 14.8. The number of nitrogen functional groups attached to an aromatic ring is 1. The molecule has 128 valence electrons. The molecule has 2 rings (SSSR count). The van der Waals surface area contributed by atoms with Gasteiger partial charge in [-0.2, -0.15) is 0 Å². The molecule has 0 aliphatic rings. The number of ether oxygens (including phenoxy) is 1. The second kappa shape index (κ2) is 7.86. The molecule has 0 bridgehead atoms. The van der Waals surface area contributed by atoms with Gasteiger partial charge in [-0.25, -0.2) is 0 Å². The molecule has 4 heteroatoms. The topological polar surface area (TPSA) is 64.3 Å². The maximum atomic E-state index is 12.3. The van der Waals surface area contributed by atoms with Crippen LogP contribution in [0, 0.1) is 0 Å². The first kappa shape index (κ1) is 17.9. The Morgan fingerprint density at radius 2 is 1.71 bits per heavy atom. The van der Waals surface area contributed by atoms with Crippen molar-refractivity contribution in [2.24, 2.45) is 0 Å². The van der Waals surface area contributed by atoms with Crippen molar-refractivity contribution in [3.8, 4) is 5.75 Å². The fourth-order valence-corrected chi connectivity index (χ4v) is 2.58. The molecule has 2 aromatic rings. The molecule has 0 radical (unpaired) electrons. The van der Waals surface area contributed by atoms with Crippen molar-refractivity contribution in [3.05, 3.63) is 53.6 Å². The highest BCUT2D eigenvalue weighted by atomic mass is 16.5. The van der Waals surface area contributed by atoms with Crippen molar-refractivity contribution >= 4 is 17.3 Å². The number of carbonyl (C=O) groups is 1. The average Bonchev–Trinajstić information content (AvgIpc) is 2.56. The highest BCUT2D eigenvalue weighted by molar-refractivity contribution is 5.94. The van der Waals surface area contributed by atoms with Gasteiger partial charge in [0, 0.05) is 12.5 Å². The van der Waals surface area contributed by atoms with Gasteiger partial charge in [-0.1, -0.05) is 45.0 Å². The van der Waals surface area contributed by atoms with E-state index < -0.39 is 0 Å². The second-order valence-electron chi connectivity index (χ2n) is 6.43. The van der Waals surface area contributed by atoms with E-state index in [1.165, 1.54) is 5.56 Å². The van der Waals surface area contributed by atoms with Crippen LogP contribution in [0.2, 0.25) is 0 Å². The lowest BCUT2D eigenvalue weighted by atomic mass is 9.94. The Bertz CT molecular complexity index is 693. The van der Waals surface area contributed by atoms with Crippen LogP contribution in [0.3, 0.4) is 0 Å². The second-order valence-corrected chi connectivity index (χ2v) is 6.43. The van der Waals surface area contributed by atoms with Gasteiger partial charge in [0.2, 0.25) is 5.91 Å². The lowest BCUT2D eigenvalue weighted by molar-refractivity contribution is -0.116. The Kier molecular flexibility index (Phi) is 5.85. The number of carbonyl (C=O) groups excluding carboxylic acids is 1. The zero-order valence-electron chi connectivity index (χ0n) is 14.8. The number of hydrogen-bond donors (Lipinski definition) is 2. The first-order valence-electron chi connectivity index (χ1n) is 8.24. The number of methoxy groups -OCH3 is 1. The number of nitrogens with two attached hydrogens (primary N) is 1. The highest BCUT2D eigenvalue weighted by Crippen LogP contribution is 2.26. The highest BCUT2D eigenvalue weighted by Gasteiger charge is 2.13. The first-order chi connectivity index (χ1) is 11.4. The molecular formula is C20H26N2O2. The third-order valence-corrected chi connectivity index (χ3v) is 4.20. The maximum Gasteiger partial charge on any atom is 0.225 e. The van der Waals surface area contributed by atoms with Crippen molar-refractivity contribution in [1.29, 1.82) is 0 Å². The molecule has 0 saturated heterocycles. The van der Waals surface area contributed by atoms with E-state index in [-0.39, 0.29) is 11.8 Å². The lowest BCUT2D eigenvalue weighted by Gasteiger charge is -2.15. The summed E-state index contributed by atoms with van der Waals surface area (Å²) in [5.74, 6) is 1.25. The minimum Gasteiger partial charge on any atom is -0.497 e. The van der Waals surface area contributed by atoms with Crippen LogP contribution in [-0.2, 0) is 4.79 Å². The number of nitrogens with one attached hydrogen (secondary N) is 1. The van der Waals surface area contributed by atoms with Crippen LogP contribution in [0.1, 0.15) is 50.2 Å². The van der Waals surface area contributed by atoms with Crippen LogP contribution < -0.4 is 15.8 Å². The fourth-order valence-electron chi connectivity index (χ4n) is 2.58. The summed E-state index contributed by atoms with van der Waals surface area (Å²) < 4.78 is 5.17. The fraction of sp³-hybridized carbons (Fsp3) is 0.350. The van der Waals surface area contributed by atoms with E-state index in [0.29, 0.717) is 29.5 Å². The molecule has 2 aromatic carbocycles. The van der Waals surface area contributed by atoms with E-state index in [0.717, 1.165) is 5.56 Å². The number of hydrogen-bond acceptors (Lipinski definition) is 3. The monoisotopic (exact) mass is 326 g/mol. The van der Waals surface area contributed by atoms with Gasteiger partial charge in [0.05, 0.1) is 18.5 Å².